The molecule has 4 heteroatoms. The van der Waals surface area contributed by atoms with E-state index in [-0.39, 0.29) is 12.3 Å². The highest BCUT2D eigenvalue weighted by Gasteiger charge is 1.99. The van der Waals surface area contributed by atoms with Crippen LogP contribution in [0.15, 0.2) is 28.7 Å². The lowest BCUT2D eigenvalue weighted by Crippen LogP contribution is -2.21. The van der Waals surface area contributed by atoms with Crippen LogP contribution in [0.5, 0.6) is 0 Å². The van der Waals surface area contributed by atoms with Crippen molar-refractivity contribution >= 4 is 21.8 Å². The molecule has 0 spiro atoms. The summed E-state index contributed by atoms with van der Waals surface area (Å²) in [7, 11) is 0. The zero-order valence-corrected chi connectivity index (χ0v) is 9.04. The van der Waals surface area contributed by atoms with Crippen molar-refractivity contribution in [2.45, 2.75) is 13.0 Å². The molecule has 0 aromatic heterocycles. The summed E-state index contributed by atoms with van der Waals surface area (Å²) in [5.74, 6) is -0.240. The lowest BCUT2D eigenvalue weighted by atomic mass is 10.2. The lowest BCUT2D eigenvalue weighted by Gasteiger charge is -2.02. The molecule has 72 valence electrons. The standard InChI is InChI=1S/C10H9BrN2O/c11-9-3-1-8(2-4-9)7-13-10(14)5-6-12/h1-4H,5,7H2,(H,13,14). The molecule has 14 heavy (non-hydrogen) atoms. The third-order valence-electron chi connectivity index (χ3n) is 1.64. The first-order valence-electron chi connectivity index (χ1n) is 4.10. The van der Waals surface area contributed by atoms with Crippen molar-refractivity contribution in [1.82, 2.24) is 5.32 Å². The van der Waals surface area contributed by atoms with Gasteiger partial charge in [-0.25, -0.2) is 0 Å². The summed E-state index contributed by atoms with van der Waals surface area (Å²) >= 11 is 3.32. The van der Waals surface area contributed by atoms with Crippen molar-refractivity contribution in [1.29, 1.82) is 5.26 Å². The van der Waals surface area contributed by atoms with Gasteiger partial charge in [-0.1, -0.05) is 28.1 Å². The lowest BCUT2D eigenvalue weighted by molar-refractivity contribution is -0.120. The maximum Gasteiger partial charge on any atom is 0.234 e. The first-order chi connectivity index (χ1) is 6.72. The highest BCUT2D eigenvalue weighted by Crippen LogP contribution is 2.10. The fourth-order valence-electron chi connectivity index (χ4n) is 0.937. The molecule has 1 aromatic carbocycles. The van der Waals surface area contributed by atoms with E-state index in [0.717, 1.165) is 10.0 Å². The average Bonchev–Trinajstić information content (AvgIpc) is 2.17. The predicted molar refractivity (Wildman–Crippen MR) is 56.2 cm³/mol. The van der Waals surface area contributed by atoms with Gasteiger partial charge in [-0.15, -0.1) is 0 Å². The van der Waals surface area contributed by atoms with Crippen LogP contribution in [-0.2, 0) is 11.3 Å². The van der Waals surface area contributed by atoms with Gasteiger partial charge in [-0.2, -0.15) is 5.26 Å². The second kappa shape index (κ2) is 5.40. The second-order valence-corrected chi connectivity index (χ2v) is 3.65. The average molecular weight is 253 g/mol. The number of rotatable bonds is 3. The van der Waals surface area contributed by atoms with Gasteiger partial charge in [0.05, 0.1) is 6.07 Å². The normalized spacial score (nSPS) is 9.14. The van der Waals surface area contributed by atoms with Crippen molar-refractivity contribution in [3.8, 4) is 6.07 Å². The number of hydrogen-bond donors (Lipinski definition) is 1. The maximum absolute atomic E-state index is 10.9. The molecule has 0 bridgehead atoms. The molecule has 0 aliphatic carbocycles. The Labute approximate surface area is 90.9 Å². The van der Waals surface area contributed by atoms with Crippen LogP contribution in [0.1, 0.15) is 12.0 Å². The molecule has 0 radical (unpaired) electrons. The Kier molecular flexibility index (Phi) is 4.14. The van der Waals surface area contributed by atoms with Gasteiger partial charge in [0.15, 0.2) is 0 Å². The Hall–Kier alpha value is -1.34. The van der Waals surface area contributed by atoms with Gasteiger partial charge in [0.2, 0.25) is 5.91 Å². The number of carbonyl (C=O) groups excluding carboxylic acids is 1. The molecule has 0 aliphatic rings. The fourth-order valence-corrected chi connectivity index (χ4v) is 1.20. The molecular formula is C10H9BrN2O. The maximum atomic E-state index is 10.9. The van der Waals surface area contributed by atoms with Crippen LogP contribution in [0.4, 0.5) is 0 Å². The Bertz CT molecular complexity index is 353. The molecule has 0 aliphatic heterocycles. The molecule has 3 nitrogen and oxygen atoms in total. The summed E-state index contributed by atoms with van der Waals surface area (Å²) in [5.41, 5.74) is 1.01. The zero-order valence-electron chi connectivity index (χ0n) is 7.46. The molecular weight excluding hydrogens is 244 g/mol. The van der Waals surface area contributed by atoms with E-state index in [0.29, 0.717) is 6.54 Å². The minimum Gasteiger partial charge on any atom is -0.351 e. The van der Waals surface area contributed by atoms with E-state index >= 15 is 0 Å². The molecule has 1 aromatic rings. The molecule has 1 N–H and O–H groups in total. The number of amides is 1. The van der Waals surface area contributed by atoms with Gasteiger partial charge in [-0.3, -0.25) is 4.79 Å². The van der Waals surface area contributed by atoms with Gasteiger partial charge in [0.1, 0.15) is 6.42 Å². The number of nitrogens with zero attached hydrogens (tertiary/aromatic N) is 1. The Morgan fingerprint density at radius 1 is 1.43 bits per heavy atom. The third-order valence-corrected chi connectivity index (χ3v) is 2.17. The molecule has 0 saturated heterocycles. The molecule has 1 rings (SSSR count). The summed E-state index contributed by atoms with van der Waals surface area (Å²) in [6, 6.07) is 9.44. The zero-order chi connectivity index (χ0) is 10.4. The number of nitrogens with one attached hydrogen (secondary N) is 1. The van der Waals surface area contributed by atoms with Crippen LogP contribution in [0.3, 0.4) is 0 Å². The smallest absolute Gasteiger partial charge is 0.234 e. The number of benzene rings is 1. The molecule has 0 saturated carbocycles. The highest BCUT2D eigenvalue weighted by molar-refractivity contribution is 9.10. The van der Waals surface area contributed by atoms with E-state index in [4.69, 9.17) is 5.26 Å². The van der Waals surface area contributed by atoms with Crippen LogP contribution in [-0.4, -0.2) is 5.91 Å². The van der Waals surface area contributed by atoms with Crippen LogP contribution in [0, 0.1) is 11.3 Å². The molecule has 0 fully saturated rings. The van der Waals surface area contributed by atoms with Gasteiger partial charge in [-0.05, 0) is 17.7 Å². The van der Waals surface area contributed by atoms with Crippen LogP contribution < -0.4 is 5.32 Å². The number of nitriles is 1. The van der Waals surface area contributed by atoms with Crippen LogP contribution >= 0.6 is 15.9 Å². The Morgan fingerprint density at radius 3 is 2.64 bits per heavy atom. The van der Waals surface area contributed by atoms with Gasteiger partial charge in [0.25, 0.3) is 0 Å². The number of halogens is 1. The molecule has 0 atom stereocenters. The quantitative estimate of drug-likeness (QED) is 0.895. The predicted octanol–water partition coefficient (Wildman–Crippen LogP) is 1.98. The van der Waals surface area contributed by atoms with Crippen molar-refractivity contribution in [2.75, 3.05) is 0 Å². The van der Waals surface area contributed by atoms with E-state index in [1.54, 1.807) is 6.07 Å². The topological polar surface area (TPSA) is 52.9 Å². The van der Waals surface area contributed by atoms with Gasteiger partial charge < -0.3 is 5.32 Å². The minimum absolute atomic E-state index is 0.0868. The largest absolute Gasteiger partial charge is 0.351 e. The summed E-state index contributed by atoms with van der Waals surface area (Å²) in [6.45, 7) is 0.466. The number of hydrogen-bond acceptors (Lipinski definition) is 2. The summed E-state index contributed by atoms with van der Waals surface area (Å²) < 4.78 is 1.00. The van der Waals surface area contributed by atoms with Crippen LogP contribution in [0.25, 0.3) is 0 Å². The highest BCUT2D eigenvalue weighted by atomic mass is 79.9. The Balaban J connectivity index is 2.43. The first kappa shape index (κ1) is 10.7. The minimum atomic E-state index is -0.240. The Morgan fingerprint density at radius 2 is 2.07 bits per heavy atom. The molecule has 1 amide bonds. The monoisotopic (exact) mass is 252 g/mol. The van der Waals surface area contributed by atoms with E-state index in [9.17, 15) is 4.79 Å². The van der Waals surface area contributed by atoms with E-state index in [1.165, 1.54) is 0 Å². The molecule has 0 unspecified atom stereocenters. The van der Waals surface area contributed by atoms with Gasteiger partial charge in [0, 0.05) is 11.0 Å². The first-order valence-corrected chi connectivity index (χ1v) is 4.90. The SMILES string of the molecule is N#CCC(=O)NCc1ccc(Br)cc1. The fraction of sp³-hybridized carbons (Fsp3) is 0.200. The third kappa shape index (κ3) is 3.58. The van der Waals surface area contributed by atoms with E-state index in [2.05, 4.69) is 21.2 Å². The molecule has 0 heterocycles. The van der Waals surface area contributed by atoms with Crippen LogP contribution in [0.2, 0.25) is 0 Å². The number of carbonyl (C=O) groups is 1. The van der Waals surface area contributed by atoms with Crippen molar-refractivity contribution < 1.29 is 4.79 Å². The van der Waals surface area contributed by atoms with E-state index in [1.807, 2.05) is 24.3 Å². The van der Waals surface area contributed by atoms with Crippen molar-refractivity contribution in [3.63, 3.8) is 0 Å². The summed E-state index contributed by atoms with van der Waals surface area (Å²) in [6.07, 6.45) is -0.0868. The summed E-state index contributed by atoms with van der Waals surface area (Å²) in [4.78, 5) is 10.9. The van der Waals surface area contributed by atoms with Crippen molar-refractivity contribution in [2.24, 2.45) is 0 Å². The van der Waals surface area contributed by atoms with Gasteiger partial charge >= 0.3 is 0 Å². The van der Waals surface area contributed by atoms with Crippen molar-refractivity contribution in [3.05, 3.63) is 34.3 Å². The second-order valence-electron chi connectivity index (χ2n) is 2.74. The summed E-state index contributed by atoms with van der Waals surface area (Å²) in [5, 5.41) is 10.9. The van der Waals surface area contributed by atoms with E-state index < -0.39 is 0 Å².